The average molecular weight is 570 g/mol. The van der Waals surface area contributed by atoms with Crippen LogP contribution in [0.5, 0.6) is 0 Å². The van der Waals surface area contributed by atoms with Gasteiger partial charge in [-0.05, 0) is 75.4 Å². The zero-order valence-electron chi connectivity index (χ0n) is 22.8. The van der Waals surface area contributed by atoms with E-state index in [1.807, 2.05) is 13.8 Å². The summed E-state index contributed by atoms with van der Waals surface area (Å²) in [6, 6.07) is 11.2. The number of nitrogens with zero attached hydrogens (tertiary/aromatic N) is 4. The summed E-state index contributed by atoms with van der Waals surface area (Å²) in [5, 5.41) is 4.90. The second-order valence-corrected chi connectivity index (χ2v) is 11.0. The Morgan fingerprint density at radius 1 is 1.05 bits per heavy atom. The number of fused-ring (bicyclic) bond motifs is 1. The number of aryl methyl sites for hydroxylation is 2. The Kier molecular flexibility index (Phi) is 6.70. The molecule has 1 saturated heterocycles. The first-order chi connectivity index (χ1) is 19.4. The van der Waals surface area contributed by atoms with Gasteiger partial charge in [-0.2, -0.15) is 0 Å². The van der Waals surface area contributed by atoms with Crippen LogP contribution in [0.25, 0.3) is 22.2 Å². The Balaban J connectivity index is 1.48. The number of methoxy groups -OCH3 is 1. The number of ether oxygens (including phenoxy) is 2. The third kappa shape index (κ3) is 4.68. The summed E-state index contributed by atoms with van der Waals surface area (Å²) in [4.78, 5) is 20.0. The summed E-state index contributed by atoms with van der Waals surface area (Å²) in [7, 11) is -0.0259. The van der Waals surface area contributed by atoms with E-state index in [4.69, 9.17) is 43.6 Å². The van der Waals surface area contributed by atoms with Crippen LogP contribution in [0.2, 0.25) is 10.0 Å². The summed E-state index contributed by atoms with van der Waals surface area (Å²) in [6.45, 7) is 4.13. The number of imidazole rings is 1. The summed E-state index contributed by atoms with van der Waals surface area (Å²) in [5.74, 6) is 1.56. The maximum Gasteiger partial charge on any atom is 0.414 e. The number of hydrogen-bond donors (Lipinski definition) is 0. The topological polar surface area (TPSA) is 82.6 Å². The third-order valence-corrected chi connectivity index (χ3v) is 8.63. The lowest BCUT2D eigenvalue weighted by atomic mass is 9.92. The molecule has 1 aliphatic carbocycles. The first kappa shape index (κ1) is 24.9. The van der Waals surface area contributed by atoms with Gasteiger partial charge in [0.15, 0.2) is 0 Å². The highest BCUT2D eigenvalue weighted by molar-refractivity contribution is 6.42. The molecule has 39 heavy (non-hydrogen) atoms. The molecule has 0 N–H and O–H groups in total. The summed E-state index contributed by atoms with van der Waals surface area (Å²) < 4.78 is 26.3. The van der Waals surface area contributed by atoms with E-state index in [1.165, 1.54) is 0 Å². The van der Waals surface area contributed by atoms with Crippen molar-refractivity contribution in [2.24, 2.45) is 0 Å². The van der Waals surface area contributed by atoms with Gasteiger partial charge in [0.25, 0.3) is 0 Å². The van der Waals surface area contributed by atoms with Gasteiger partial charge in [-0.15, -0.1) is 0 Å². The van der Waals surface area contributed by atoms with Crippen molar-refractivity contribution in [2.45, 2.75) is 64.1 Å². The van der Waals surface area contributed by atoms with Gasteiger partial charge in [0.2, 0.25) is 0 Å². The van der Waals surface area contributed by atoms with Gasteiger partial charge >= 0.3 is 6.09 Å². The molecule has 0 unspecified atom stereocenters. The number of amides is 1. The number of carbonyl (C=O) groups excluding carboxylic acids is 1. The molecule has 204 valence electrons. The van der Waals surface area contributed by atoms with E-state index in [1.54, 1.807) is 23.1 Å². The van der Waals surface area contributed by atoms with Gasteiger partial charge in [0.1, 0.15) is 17.6 Å². The molecule has 4 aromatic rings. The zero-order valence-corrected chi connectivity index (χ0v) is 23.3. The van der Waals surface area contributed by atoms with Gasteiger partial charge in [-0.3, -0.25) is 4.90 Å². The van der Waals surface area contributed by atoms with Crippen LogP contribution in [0.4, 0.5) is 10.5 Å². The Bertz CT molecular complexity index is 1540. The van der Waals surface area contributed by atoms with Crippen LogP contribution in [0, 0.1) is 13.8 Å². The van der Waals surface area contributed by atoms with Gasteiger partial charge in [-0.25, -0.2) is 9.78 Å². The van der Waals surface area contributed by atoms with Crippen molar-refractivity contribution in [1.29, 1.82) is 0 Å². The fraction of sp³-hybridized carbons (Fsp3) is 0.414. The number of benzene rings is 2. The molecule has 2 aromatic heterocycles. The molecule has 6 rings (SSSR count). The molecule has 3 heterocycles. The zero-order chi connectivity index (χ0) is 28.0. The number of halogens is 2. The van der Waals surface area contributed by atoms with Crippen molar-refractivity contribution in [3.63, 3.8) is 0 Å². The van der Waals surface area contributed by atoms with E-state index in [9.17, 15) is 4.79 Å². The van der Waals surface area contributed by atoms with Crippen LogP contribution >= 0.6 is 23.2 Å². The van der Waals surface area contributed by atoms with Crippen molar-refractivity contribution in [1.82, 2.24) is 14.7 Å². The molecule has 8 nitrogen and oxygen atoms in total. The van der Waals surface area contributed by atoms with E-state index in [0.29, 0.717) is 28.8 Å². The highest BCUT2D eigenvalue weighted by atomic mass is 35.5. The highest BCUT2D eigenvalue weighted by Crippen LogP contribution is 2.41. The van der Waals surface area contributed by atoms with E-state index in [0.717, 1.165) is 65.1 Å². The Labute approximate surface area is 238 Å². The monoisotopic (exact) mass is 569 g/mol. The van der Waals surface area contributed by atoms with Gasteiger partial charge in [-0.1, -0.05) is 34.4 Å². The molecule has 0 bridgehead atoms. The first-order valence-electron chi connectivity index (χ1n) is 13.8. The third-order valence-electron chi connectivity index (χ3n) is 7.89. The minimum atomic E-state index is -0.447. The van der Waals surface area contributed by atoms with Gasteiger partial charge in [0.05, 0.1) is 40.9 Å². The first-order valence-corrected chi connectivity index (χ1v) is 13.9. The summed E-state index contributed by atoms with van der Waals surface area (Å²) in [5.41, 5.74) is 5.21. The lowest BCUT2D eigenvalue weighted by molar-refractivity contribution is 0.0582. The molecule has 2 aromatic carbocycles. The quantitative estimate of drug-likeness (QED) is 0.243. The molecule has 1 amide bonds. The molecule has 10 heteroatoms. The molecule has 1 saturated carbocycles. The Morgan fingerprint density at radius 3 is 2.59 bits per heavy atom. The van der Waals surface area contributed by atoms with Crippen molar-refractivity contribution >= 4 is 46.0 Å². The molecular weight excluding hydrogens is 539 g/mol. The SMILES string of the molecule is [2H]COC1CCC(n2c([C@@H]3CCOC(=O)N3c3ccc(Cl)c(Cl)c3)nc3cc(-c4c(C)noc4C)ccc32)CC1. The van der Waals surface area contributed by atoms with E-state index >= 15 is 0 Å². The van der Waals surface area contributed by atoms with Crippen LogP contribution in [0.3, 0.4) is 0 Å². The lowest BCUT2D eigenvalue weighted by Gasteiger charge is -2.37. The molecule has 0 radical (unpaired) electrons. The van der Waals surface area contributed by atoms with Crippen LogP contribution in [-0.4, -0.2) is 40.6 Å². The summed E-state index contributed by atoms with van der Waals surface area (Å²) >= 11 is 12.5. The second kappa shape index (κ2) is 10.5. The number of cyclic esters (lactones) is 1. The predicted molar refractivity (Wildman–Crippen MR) is 151 cm³/mol. The summed E-state index contributed by atoms with van der Waals surface area (Å²) in [6.07, 6.45) is 3.72. The Hall–Kier alpha value is -3.07. The van der Waals surface area contributed by atoms with Crippen LogP contribution < -0.4 is 4.90 Å². The van der Waals surface area contributed by atoms with Crippen molar-refractivity contribution in [2.75, 3.05) is 18.6 Å². The number of aromatic nitrogens is 3. The minimum absolute atomic E-state index is 0.0259. The molecule has 1 atom stereocenters. The molecule has 2 fully saturated rings. The normalized spacial score (nSPS) is 22.3. The van der Waals surface area contributed by atoms with Gasteiger partial charge < -0.3 is 18.6 Å². The van der Waals surface area contributed by atoms with Crippen molar-refractivity contribution in [3.05, 3.63) is 63.7 Å². The lowest BCUT2D eigenvalue weighted by Crippen LogP contribution is -2.42. The predicted octanol–water partition coefficient (Wildman–Crippen LogP) is 7.83. The highest BCUT2D eigenvalue weighted by Gasteiger charge is 2.38. The van der Waals surface area contributed by atoms with Crippen LogP contribution in [-0.2, 0) is 9.47 Å². The average Bonchev–Trinajstić information content (AvgIpc) is 3.49. The number of rotatable bonds is 5. The van der Waals surface area contributed by atoms with Crippen molar-refractivity contribution < 1.29 is 20.2 Å². The van der Waals surface area contributed by atoms with E-state index < -0.39 is 6.09 Å². The van der Waals surface area contributed by atoms with Crippen LogP contribution in [0.15, 0.2) is 40.9 Å². The van der Waals surface area contributed by atoms with Crippen molar-refractivity contribution in [3.8, 4) is 11.1 Å². The number of carbonyl (C=O) groups is 1. The standard InChI is InChI=1S/C29H30Cl2N4O4/c1-16-27(17(2)39-33-16)18-4-11-25-24(14-18)32-28(34(25)19-5-8-21(37-3)9-6-19)26-12-13-38-29(36)35(26)20-7-10-22(30)23(31)15-20/h4,7,10-11,14-15,19,21,26H,5-6,8-9,12-13H2,1-3H3/t19?,21?,26-/m0/s1/i3D. The number of hydrogen-bond acceptors (Lipinski definition) is 6. The Morgan fingerprint density at radius 2 is 1.87 bits per heavy atom. The number of anilines is 1. The maximum atomic E-state index is 13.2. The molecule has 1 aliphatic heterocycles. The van der Waals surface area contributed by atoms with E-state index in [-0.39, 0.29) is 25.3 Å². The molecule has 2 aliphatic rings. The largest absolute Gasteiger partial charge is 0.449 e. The fourth-order valence-corrected chi connectivity index (χ4v) is 6.30. The maximum absolute atomic E-state index is 13.2. The van der Waals surface area contributed by atoms with Gasteiger partial charge in [0, 0.05) is 30.8 Å². The molecule has 0 spiro atoms. The smallest absolute Gasteiger partial charge is 0.414 e. The van der Waals surface area contributed by atoms with E-state index in [2.05, 4.69) is 27.9 Å². The minimum Gasteiger partial charge on any atom is -0.449 e. The fourth-order valence-electron chi connectivity index (χ4n) is 6.01. The second-order valence-electron chi connectivity index (χ2n) is 10.2. The molecular formula is C29H30Cl2N4O4. The van der Waals surface area contributed by atoms with Crippen LogP contribution in [0.1, 0.15) is 62.8 Å².